The van der Waals surface area contributed by atoms with Crippen LogP contribution in [0.3, 0.4) is 0 Å². The third-order valence-electron chi connectivity index (χ3n) is 2.76. The van der Waals surface area contributed by atoms with E-state index in [1.807, 2.05) is 0 Å². The van der Waals surface area contributed by atoms with Gasteiger partial charge in [-0.25, -0.2) is 0 Å². The minimum Gasteiger partial charge on any atom is -0.330 e. The van der Waals surface area contributed by atoms with Gasteiger partial charge in [-0.3, -0.25) is 0 Å². The van der Waals surface area contributed by atoms with E-state index in [0.29, 0.717) is 0 Å². The second-order valence-electron chi connectivity index (χ2n) is 4.14. The van der Waals surface area contributed by atoms with Crippen LogP contribution in [0, 0.1) is 5.92 Å². The Morgan fingerprint density at radius 1 is 0.846 bits per heavy atom. The van der Waals surface area contributed by atoms with Gasteiger partial charge in [0.1, 0.15) is 0 Å². The average Bonchev–Trinajstić information content (AvgIpc) is 2.87. The predicted molar refractivity (Wildman–Crippen MR) is 61.3 cm³/mol. The molecule has 0 amide bonds. The molecule has 0 saturated heterocycles. The number of nitrogens with two attached hydrogens (primary N) is 1. The number of hydrogen-bond acceptors (Lipinski definition) is 1. The summed E-state index contributed by atoms with van der Waals surface area (Å²) in [6, 6.07) is 0. The van der Waals surface area contributed by atoms with Gasteiger partial charge in [0.2, 0.25) is 0 Å². The average molecular weight is 206 g/mol. The van der Waals surface area contributed by atoms with Crippen LogP contribution in [0.15, 0.2) is 0 Å². The van der Waals surface area contributed by atoms with E-state index in [-0.39, 0.29) is 12.4 Å². The Hall–Kier alpha value is 0.250. The van der Waals surface area contributed by atoms with Gasteiger partial charge in [0, 0.05) is 0 Å². The van der Waals surface area contributed by atoms with Gasteiger partial charge < -0.3 is 5.73 Å². The molecule has 0 bridgehead atoms. The molecule has 0 aliphatic heterocycles. The third-order valence-corrected chi connectivity index (χ3v) is 2.76. The topological polar surface area (TPSA) is 26.0 Å². The number of hydrogen-bond donors (Lipinski definition) is 1. The Labute approximate surface area is 88.9 Å². The summed E-state index contributed by atoms with van der Waals surface area (Å²) in [4.78, 5) is 0. The highest BCUT2D eigenvalue weighted by Crippen LogP contribution is 2.34. The fraction of sp³-hybridized carbons (Fsp3) is 1.00. The normalized spacial score (nSPS) is 15.5. The zero-order valence-corrected chi connectivity index (χ0v) is 9.45. The molecular formula is C11H24ClN. The standard InChI is InChI=1S/C11H23N.ClH/c12-10-6-4-2-1-3-5-7-11-8-9-11;/h11H,1-10,12H2;1H. The van der Waals surface area contributed by atoms with Gasteiger partial charge in [0.15, 0.2) is 0 Å². The van der Waals surface area contributed by atoms with E-state index in [2.05, 4.69) is 0 Å². The number of halogens is 1. The second-order valence-corrected chi connectivity index (χ2v) is 4.14. The van der Waals surface area contributed by atoms with Crippen molar-refractivity contribution >= 4 is 12.4 Å². The molecule has 0 radical (unpaired) electrons. The largest absolute Gasteiger partial charge is 0.330 e. The Morgan fingerprint density at radius 2 is 1.38 bits per heavy atom. The molecule has 0 heterocycles. The summed E-state index contributed by atoms with van der Waals surface area (Å²) >= 11 is 0. The summed E-state index contributed by atoms with van der Waals surface area (Å²) < 4.78 is 0. The summed E-state index contributed by atoms with van der Waals surface area (Å²) in [5, 5.41) is 0. The first-order chi connectivity index (χ1) is 5.93. The highest BCUT2D eigenvalue weighted by Gasteiger charge is 2.19. The van der Waals surface area contributed by atoms with Crippen molar-refractivity contribution in [3.8, 4) is 0 Å². The molecule has 1 fully saturated rings. The molecular weight excluding hydrogens is 182 g/mol. The van der Waals surface area contributed by atoms with Gasteiger partial charge in [0.05, 0.1) is 0 Å². The summed E-state index contributed by atoms with van der Waals surface area (Å²) in [6.07, 6.45) is 12.9. The Kier molecular flexibility index (Phi) is 9.00. The molecule has 0 atom stereocenters. The van der Waals surface area contributed by atoms with Crippen molar-refractivity contribution in [1.29, 1.82) is 0 Å². The number of rotatable bonds is 8. The second kappa shape index (κ2) is 8.83. The summed E-state index contributed by atoms with van der Waals surface area (Å²) in [5.74, 6) is 1.13. The van der Waals surface area contributed by atoms with Crippen LogP contribution < -0.4 is 5.73 Å². The highest BCUT2D eigenvalue weighted by atomic mass is 35.5. The maximum Gasteiger partial charge on any atom is -0.00773 e. The van der Waals surface area contributed by atoms with Gasteiger partial charge >= 0.3 is 0 Å². The zero-order chi connectivity index (χ0) is 8.65. The molecule has 1 aliphatic rings. The van der Waals surface area contributed by atoms with Gasteiger partial charge in [0.25, 0.3) is 0 Å². The van der Waals surface area contributed by atoms with Crippen molar-refractivity contribution in [2.24, 2.45) is 11.7 Å². The van der Waals surface area contributed by atoms with Gasteiger partial charge in [-0.05, 0) is 18.9 Å². The molecule has 2 heteroatoms. The van der Waals surface area contributed by atoms with Gasteiger partial charge in [-0.15, -0.1) is 12.4 Å². The smallest absolute Gasteiger partial charge is 0.00773 e. The fourth-order valence-corrected chi connectivity index (χ4v) is 1.69. The van der Waals surface area contributed by atoms with Crippen molar-refractivity contribution in [2.75, 3.05) is 6.54 Å². The van der Waals surface area contributed by atoms with Crippen LogP contribution in [-0.2, 0) is 0 Å². The summed E-state index contributed by atoms with van der Waals surface area (Å²) in [5.41, 5.74) is 5.42. The minimum atomic E-state index is 0. The monoisotopic (exact) mass is 205 g/mol. The van der Waals surface area contributed by atoms with E-state index in [1.165, 1.54) is 57.8 Å². The maximum absolute atomic E-state index is 5.42. The molecule has 1 aliphatic carbocycles. The van der Waals surface area contributed by atoms with E-state index in [1.54, 1.807) is 0 Å². The lowest BCUT2D eigenvalue weighted by atomic mass is 10.1. The van der Waals surface area contributed by atoms with Gasteiger partial charge in [-0.1, -0.05) is 51.4 Å². The van der Waals surface area contributed by atoms with Crippen LogP contribution in [0.1, 0.15) is 57.8 Å². The lowest BCUT2D eigenvalue weighted by Gasteiger charge is -1.99. The zero-order valence-electron chi connectivity index (χ0n) is 8.63. The van der Waals surface area contributed by atoms with Crippen LogP contribution >= 0.6 is 12.4 Å². The van der Waals surface area contributed by atoms with Crippen molar-refractivity contribution in [1.82, 2.24) is 0 Å². The lowest BCUT2D eigenvalue weighted by Crippen LogP contribution is -1.97. The van der Waals surface area contributed by atoms with E-state index in [4.69, 9.17) is 5.73 Å². The molecule has 0 spiro atoms. The molecule has 1 nitrogen and oxygen atoms in total. The van der Waals surface area contributed by atoms with Crippen LogP contribution in [-0.4, -0.2) is 6.54 Å². The van der Waals surface area contributed by atoms with Crippen LogP contribution in [0.5, 0.6) is 0 Å². The van der Waals surface area contributed by atoms with Crippen molar-refractivity contribution < 1.29 is 0 Å². The van der Waals surface area contributed by atoms with Crippen LogP contribution in [0.2, 0.25) is 0 Å². The molecule has 0 aromatic carbocycles. The van der Waals surface area contributed by atoms with Crippen molar-refractivity contribution in [3.05, 3.63) is 0 Å². The van der Waals surface area contributed by atoms with Crippen LogP contribution in [0.25, 0.3) is 0 Å². The molecule has 0 unspecified atom stereocenters. The Bertz CT molecular complexity index is 102. The summed E-state index contributed by atoms with van der Waals surface area (Å²) in [6.45, 7) is 0.877. The first-order valence-corrected chi connectivity index (χ1v) is 5.63. The van der Waals surface area contributed by atoms with Crippen molar-refractivity contribution in [2.45, 2.75) is 57.8 Å². The quantitative estimate of drug-likeness (QED) is 0.603. The van der Waals surface area contributed by atoms with E-state index >= 15 is 0 Å². The molecule has 2 N–H and O–H groups in total. The van der Waals surface area contributed by atoms with E-state index < -0.39 is 0 Å². The Balaban J connectivity index is 0.00000144. The molecule has 0 aromatic rings. The van der Waals surface area contributed by atoms with E-state index in [0.717, 1.165) is 12.5 Å². The van der Waals surface area contributed by atoms with Gasteiger partial charge in [-0.2, -0.15) is 0 Å². The van der Waals surface area contributed by atoms with E-state index in [9.17, 15) is 0 Å². The number of unbranched alkanes of at least 4 members (excludes halogenated alkanes) is 5. The Morgan fingerprint density at radius 3 is 1.92 bits per heavy atom. The maximum atomic E-state index is 5.42. The first kappa shape index (κ1) is 13.2. The van der Waals surface area contributed by atoms with Crippen LogP contribution in [0.4, 0.5) is 0 Å². The molecule has 1 saturated carbocycles. The lowest BCUT2D eigenvalue weighted by molar-refractivity contribution is 0.563. The molecule has 13 heavy (non-hydrogen) atoms. The first-order valence-electron chi connectivity index (χ1n) is 5.63. The summed E-state index contributed by atoms with van der Waals surface area (Å²) in [7, 11) is 0. The fourth-order valence-electron chi connectivity index (χ4n) is 1.69. The van der Waals surface area contributed by atoms with Crippen molar-refractivity contribution in [3.63, 3.8) is 0 Å². The molecule has 0 aromatic heterocycles. The molecule has 1 rings (SSSR count). The highest BCUT2D eigenvalue weighted by molar-refractivity contribution is 5.85. The molecule has 80 valence electrons. The minimum absolute atomic E-state index is 0. The third kappa shape index (κ3) is 8.58. The predicted octanol–water partition coefficient (Wildman–Crippen LogP) is 3.51. The SMILES string of the molecule is Cl.NCCCCCCCCC1CC1.